The van der Waals surface area contributed by atoms with Crippen LogP contribution in [0.2, 0.25) is 5.02 Å². The minimum Gasteiger partial charge on any atom is -0.388 e. The molecule has 5 heteroatoms. The Labute approximate surface area is 134 Å². The molecule has 2 aromatic rings. The largest absolute Gasteiger partial charge is 0.388 e. The van der Waals surface area contributed by atoms with Gasteiger partial charge in [-0.05, 0) is 33.6 Å². The van der Waals surface area contributed by atoms with Crippen LogP contribution in [0.5, 0.6) is 0 Å². The number of halogens is 3. The lowest BCUT2D eigenvalue weighted by Gasteiger charge is -2.20. The molecule has 1 heterocycles. The number of fused-ring (bicyclic) bond motifs is 1. The van der Waals surface area contributed by atoms with E-state index in [1.54, 1.807) is 23.9 Å². The predicted molar refractivity (Wildman–Crippen MR) is 84.0 cm³/mol. The van der Waals surface area contributed by atoms with Crippen molar-refractivity contribution in [2.45, 2.75) is 16.9 Å². The number of hydrogen-bond donors (Lipinski definition) is 1. The van der Waals surface area contributed by atoms with Crippen LogP contribution in [0.4, 0.5) is 4.39 Å². The van der Waals surface area contributed by atoms with Gasteiger partial charge in [0.05, 0.1) is 11.1 Å². The van der Waals surface area contributed by atoms with Gasteiger partial charge in [-0.15, -0.1) is 11.8 Å². The van der Waals surface area contributed by atoms with Crippen molar-refractivity contribution in [2.24, 2.45) is 0 Å². The lowest BCUT2D eigenvalue weighted by molar-refractivity contribution is 0.149. The zero-order valence-electron chi connectivity index (χ0n) is 10.3. The molecule has 1 aliphatic heterocycles. The van der Waals surface area contributed by atoms with Crippen LogP contribution in [-0.2, 0) is 0 Å². The molecule has 104 valence electrons. The van der Waals surface area contributed by atoms with Crippen molar-refractivity contribution in [2.75, 3.05) is 5.75 Å². The fraction of sp³-hybridized carbons (Fsp3) is 0.200. The highest BCUT2D eigenvalue weighted by molar-refractivity contribution is 9.10. The van der Waals surface area contributed by atoms with Crippen LogP contribution in [0, 0.1) is 5.82 Å². The zero-order chi connectivity index (χ0) is 14.3. The number of thioether (sulfide) groups is 1. The monoisotopic (exact) mass is 372 g/mol. The summed E-state index contributed by atoms with van der Waals surface area (Å²) in [6, 6.07) is 11.2. The summed E-state index contributed by atoms with van der Waals surface area (Å²) < 4.78 is 14.7. The minimum atomic E-state index is -0.892. The molecule has 3 rings (SSSR count). The van der Waals surface area contributed by atoms with Crippen LogP contribution in [0.3, 0.4) is 0 Å². The van der Waals surface area contributed by atoms with Crippen molar-refractivity contribution < 1.29 is 9.50 Å². The Morgan fingerprint density at radius 1 is 1.30 bits per heavy atom. The second-order valence-corrected chi connectivity index (χ2v) is 6.96. The smallest absolute Gasteiger partial charge is 0.148 e. The second-order valence-electron chi connectivity index (χ2n) is 4.66. The molecule has 0 spiro atoms. The summed E-state index contributed by atoms with van der Waals surface area (Å²) in [7, 11) is 0. The Morgan fingerprint density at radius 2 is 2.05 bits per heavy atom. The van der Waals surface area contributed by atoms with E-state index in [0.29, 0.717) is 4.47 Å². The highest BCUT2D eigenvalue weighted by atomic mass is 79.9. The summed E-state index contributed by atoms with van der Waals surface area (Å²) in [6.07, 6.45) is -0.892. The molecule has 0 bridgehead atoms. The lowest BCUT2D eigenvalue weighted by Crippen LogP contribution is -2.12. The van der Waals surface area contributed by atoms with Crippen molar-refractivity contribution >= 4 is 39.3 Å². The normalized spacial score (nSPS) is 18.9. The molecule has 1 nitrogen and oxygen atoms in total. The van der Waals surface area contributed by atoms with Crippen molar-refractivity contribution in [3.05, 3.63) is 62.8 Å². The average molecular weight is 374 g/mol. The molecule has 1 aliphatic rings. The summed E-state index contributed by atoms with van der Waals surface area (Å²) in [5.41, 5.74) is 1.32. The van der Waals surface area contributed by atoms with E-state index in [1.807, 2.05) is 24.3 Å². The molecule has 2 atom stereocenters. The van der Waals surface area contributed by atoms with E-state index >= 15 is 0 Å². The van der Waals surface area contributed by atoms with Gasteiger partial charge in [-0.1, -0.05) is 35.9 Å². The minimum absolute atomic E-state index is 0.0143. The summed E-state index contributed by atoms with van der Waals surface area (Å²) in [6.45, 7) is 0. The molecule has 0 aliphatic carbocycles. The third-order valence-electron chi connectivity index (χ3n) is 3.50. The summed E-state index contributed by atoms with van der Waals surface area (Å²) in [5.74, 6) is 0.0825. The van der Waals surface area contributed by atoms with Gasteiger partial charge in [-0.3, -0.25) is 0 Å². The fourth-order valence-electron chi connectivity index (χ4n) is 2.43. The average Bonchev–Trinajstić information content (AvgIpc) is 2.88. The second kappa shape index (κ2) is 5.68. The van der Waals surface area contributed by atoms with E-state index in [-0.39, 0.29) is 16.5 Å². The predicted octanol–water partition coefficient (Wildman–Crippen LogP) is 5.16. The van der Waals surface area contributed by atoms with E-state index < -0.39 is 11.9 Å². The molecule has 0 radical (unpaired) electrons. The number of aliphatic hydroxyl groups is 1. The van der Waals surface area contributed by atoms with Crippen LogP contribution in [-0.4, -0.2) is 10.9 Å². The van der Waals surface area contributed by atoms with E-state index in [9.17, 15) is 9.50 Å². The molecule has 20 heavy (non-hydrogen) atoms. The van der Waals surface area contributed by atoms with Crippen LogP contribution < -0.4 is 0 Å². The van der Waals surface area contributed by atoms with E-state index in [2.05, 4.69) is 15.9 Å². The van der Waals surface area contributed by atoms with Gasteiger partial charge in [0.1, 0.15) is 5.82 Å². The fourth-order valence-corrected chi connectivity index (χ4v) is 4.20. The number of aliphatic hydroxyl groups excluding tert-OH is 1. The molecule has 1 N–H and O–H groups in total. The van der Waals surface area contributed by atoms with E-state index in [0.717, 1.165) is 16.2 Å². The van der Waals surface area contributed by atoms with Gasteiger partial charge in [0.25, 0.3) is 0 Å². The van der Waals surface area contributed by atoms with Gasteiger partial charge in [-0.25, -0.2) is 4.39 Å². The maximum Gasteiger partial charge on any atom is 0.148 e. The maximum atomic E-state index is 14.2. The molecule has 0 saturated carbocycles. The first-order valence-electron chi connectivity index (χ1n) is 6.12. The molecule has 0 saturated heterocycles. The van der Waals surface area contributed by atoms with Crippen LogP contribution in [0.1, 0.15) is 23.1 Å². The Balaban J connectivity index is 1.99. The van der Waals surface area contributed by atoms with Gasteiger partial charge >= 0.3 is 0 Å². The topological polar surface area (TPSA) is 20.2 Å². The number of rotatable bonds is 2. The summed E-state index contributed by atoms with van der Waals surface area (Å²) in [4.78, 5) is 1.15. The molecule has 2 unspecified atom stereocenters. The van der Waals surface area contributed by atoms with Gasteiger partial charge in [0, 0.05) is 26.6 Å². The van der Waals surface area contributed by atoms with E-state index in [1.165, 1.54) is 0 Å². The van der Waals surface area contributed by atoms with Gasteiger partial charge in [0.15, 0.2) is 0 Å². The standard InChI is InChI=1S/C15H11BrClFOS/c16-11-6-5-9(14(18)13(11)17)15(19)10-7-20-12-4-2-1-3-8(10)12/h1-6,10,15,19H,7H2. The zero-order valence-corrected chi connectivity index (χ0v) is 13.5. The van der Waals surface area contributed by atoms with Gasteiger partial charge < -0.3 is 5.11 Å². The Hall–Kier alpha value is -0.550. The Kier molecular flexibility index (Phi) is 4.09. The molecule has 2 aromatic carbocycles. The first-order chi connectivity index (χ1) is 9.59. The van der Waals surface area contributed by atoms with Crippen molar-refractivity contribution in [3.8, 4) is 0 Å². The highest BCUT2D eigenvalue weighted by Gasteiger charge is 2.32. The molecule has 0 aromatic heterocycles. The van der Waals surface area contributed by atoms with Crippen molar-refractivity contribution in [3.63, 3.8) is 0 Å². The Bertz CT molecular complexity index is 664. The SMILES string of the molecule is OC(c1ccc(Br)c(Cl)c1F)C1CSc2ccccc21. The van der Waals surface area contributed by atoms with Gasteiger partial charge in [-0.2, -0.15) is 0 Å². The third-order valence-corrected chi connectivity index (χ3v) is 5.97. The maximum absolute atomic E-state index is 14.2. The molecule has 0 amide bonds. The summed E-state index contributed by atoms with van der Waals surface area (Å²) >= 11 is 10.8. The number of hydrogen-bond acceptors (Lipinski definition) is 2. The van der Waals surface area contributed by atoms with Gasteiger partial charge in [0.2, 0.25) is 0 Å². The molecule has 0 fully saturated rings. The highest BCUT2D eigenvalue weighted by Crippen LogP contribution is 2.46. The number of benzene rings is 2. The van der Waals surface area contributed by atoms with E-state index in [4.69, 9.17) is 11.6 Å². The van der Waals surface area contributed by atoms with Crippen molar-refractivity contribution in [1.82, 2.24) is 0 Å². The first kappa shape index (κ1) is 14.4. The van der Waals surface area contributed by atoms with Crippen LogP contribution in [0.25, 0.3) is 0 Å². The quantitative estimate of drug-likeness (QED) is 0.733. The molecular weight excluding hydrogens is 363 g/mol. The van der Waals surface area contributed by atoms with Crippen LogP contribution >= 0.6 is 39.3 Å². The Morgan fingerprint density at radius 3 is 2.85 bits per heavy atom. The molecular formula is C15H11BrClFOS. The lowest BCUT2D eigenvalue weighted by atomic mass is 9.90. The van der Waals surface area contributed by atoms with Crippen LogP contribution in [0.15, 0.2) is 45.8 Å². The third kappa shape index (κ3) is 2.39. The first-order valence-corrected chi connectivity index (χ1v) is 8.28. The van der Waals surface area contributed by atoms with Crippen molar-refractivity contribution in [1.29, 1.82) is 0 Å². The summed E-state index contributed by atoms with van der Waals surface area (Å²) in [5, 5.41) is 10.6.